The smallest absolute Gasteiger partial charge is 0.416 e. The lowest BCUT2D eigenvalue weighted by Crippen LogP contribution is -2.12. The lowest BCUT2D eigenvalue weighted by molar-refractivity contribution is -0.137. The van der Waals surface area contributed by atoms with Crippen LogP contribution in [0.3, 0.4) is 0 Å². The number of rotatable bonds is 8. The zero-order valence-electron chi connectivity index (χ0n) is 17.8. The van der Waals surface area contributed by atoms with Crippen molar-refractivity contribution in [2.45, 2.75) is 12.6 Å². The molecule has 0 aliphatic heterocycles. The Morgan fingerprint density at radius 2 is 1.94 bits per heavy atom. The van der Waals surface area contributed by atoms with Crippen LogP contribution in [0.5, 0.6) is 0 Å². The predicted octanol–water partition coefficient (Wildman–Crippen LogP) is 4.97. The Hall–Kier alpha value is -4.77. The fraction of sp³-hybridized carbons (Fsp3) is 0.136. The molecule has 0 saturated heterocycles. The van der Waals surface area contributed by atoms with Crippen molar-refractivity contribution in [3.05, 3.63) is 81.4 Å². The number of nitrogens with two attached hydrogens (primary N) is 1. The maximum absolute atomic E-state index is 12.6. The van der Waals surface area contributed by atoms with Gasteiger partial charge in [0.25, 0.3) is 0 Å². The van der Waals surface area contributed by atoms with Crippen LogP contribution in [0.2, 0.25) is 0 Å². The van der Waals surface area contributed by atoms with Crippen LogP contribution in [-0.2, 0) is 22.2 Å². The van der Waals surface area contributed by atoms with Crippen molar-refractivity contribution >= 4 is 40.2 Å². The minimum Gasteiger partial charge on any atom is -0.478 e. The number of nitrogens with zero attached hydrogens (tertiary/aromatic N) is 4. The number of hydrogen-bond donors (Lipinski definition) is 3. The van der Waals surface area contributed by atoms with E-state index in [2.05, 4.69) is 25.3 Å². The average Bonchev–Trinajstić information content (AvgIpc) is 2.80. The van der Waals surface area contributed by atoms with E-state index in [4.69, 9.17) is 11.3 Å². The van der Waals surface area contributed by atoms with E-state index in [1.165, 1.54) is 36.4 Å². The standard InChI is InChI=1S/C22H17F3N6O4/c23-22(24,25)13-4-1-12(2-5-13)3-8-18(32)28-14-6-7-16-15(11-14)20(26)19(21(33)34)17(29-16)9-10-35-31-30-27/h1-8,11H,9-10H2,(H2,26,29)(H,28,32)(H,33,34)/b8-3+. The molecular formula is C22H17F3N6O4. The molecule has 0 aliphatic rings. The number of anilines is 2. The molecule has 180 valence electrons. The number of fused-ring (bicyclic) bond motifs is 1. The molecular weight excluding hydrogens is 469 g/mol. The summed E-state index contributed by atoms with van der Waals surface area (Å²) in [5, 5.41) is 15.4. The number of carbonyl (C=O) groups excluding carboxylic acids is 1. The van der Waals surface area contributed by atoms with E-state index in [0.717, 1.165) is 18.2 Å². The van der Waals surface area contributed by atoms with Gasteiger partial charge < -0.3 is 21.0 Å². The molecule has 1 heterocycles. The highest BCUT2D eigenvalue weighted by Crippen LogP contribution is 2.30. The van der Waals surface area contributed by atoms with E-state index in [1.807, 2.05) is 0 Å². The van der Waals surface area contributed by atoms with Crippen molar-refractivity contribution in [3.63, 3.8) is 0 Å². The molecule has 4 N–H and O–H groups in total. The summed E-state index contributed by atoms with van der Waals surface area (Å²) in [7, 11) is 0. The molecule has 3 rings (SSSR count). The zero-order valence-corrected chi connectivity index (χ0v) is 17.8. The Bertz CT molecular complexity index is 1350. The van der Waals surface area contributed by atoms with Crippen LogP contribution in [0.25, 0.3) is 27.4 Å². The van der Waals surface area contributed by atoms with Crippen molar-refractivity contribution in [2.75, 3.05) is 17.7 Å². The predicted molar refractivity (Wildman–Crippen MR) is 121 cm³/mol. The number of alkyl halides is 3. The Labute approximate surface area is 195 Å². The first kappa shape index (κ1) is 24.9. The Morgan fingerprint density at radius 1 is 1.23 bits per heavy atom. The Kier molecular flexibility index (Phi) is 7.42. The van der Waals surface area contributed by atoms with Crippen molar-refractivity contribution in [2.24, 2.45) is 5.28 Å². The summed E-state index contributed by atoms with van der Waals surface area (Å²) in [6, 6.07) is 8.80. The number of carbonyl (C=O) groups is 2. The number of nitrogen functional groups attached to an aromatic ring is 1. The van der Waals surface area contributed by atoms with Gasteiger partial charge in [0.15, 0.2) is 0 Å². The summed E-state index contributed by atoms with van der Waals surface area (Å²) in [4.78, 5) is 35.4. The molecule has 3 aromatic rings. The van der Waals surface area contributed by atoms with Crippen molar-refractivity contribution in [3.8, 4) is 0 Å². The molecule has 2 aromatic carbocycles. The van der Waals surface area contributed by atoms with Gasteiger partial charge in [0, 0.05) is 28.5 Å². The van der Waals surface area contributed by atoms with Crippen LogP contribution in [0.4, 0.5) is 24.5 Å². The molecule has 0 spiro atoms. The number of nitrogens with one attached hydrogen (secondary N) is 1. The van der Waals surface area contributed by atoms with E-state index >= 15 is 0 Å². The normalized spacial score (nSPS) is 11.3. The molecule has 1 aromatic heterocycles. The van der Waals surface area contributed by atoms with Gasteiger partial charge in [-0.1, -0.05) is 12.1 Å². The molecule has 35 heavy (non-hydrogen) atoms. The van der Waals surface area contributed by atoms with E-state index in [1.54, 1.807) is 0 Å². The van der Waals surface area contributed by atoms with E-state index < -0.39 is 23.6 Å². The molecule has 0 saturated carbocycles. The maximum atomic E-state index is 12.6. The zero-order chi connectivity index (χ0) is 25.6. The van der Waals surface area contributed by atoms with Crippen LogP contribution in [0, 0.1) is 0 Å². The Balaban J connectivity index is 1.80. The maximum Gasteiger partial charge on any atom is 0.416 e. The van der Waals surface area contributed by atoms with Gasteiger partial charge >= 0.3 is 12.1 Å². The van der Waals surface area contributed by atoms with Gasteiger partial charge in [-0.25, -0.2) is 4.79 Å². The summed E-state index contributed by atoms with van der Waals surface area (Å²) in [5.74, 6) is -1.88. The van der Waals surface area contributed by atoms with Gasteiger partial charge in [0.2, 0.25) is 5.91 Å². The Morgan fingerprint density at radius 3 is 2.57 bits per heavy atom. The molecule has 0 unspecified atom stereocenters. The van der Waals surface area contributed by atoms with Crippen molar-refractivity contribution in [1.29, 1.82) is 0 Å². The number of carboxylic acid groups (broad SMARTS) is 1. The summed E-state index contributed by atoms with van der Waals surface area (Å²) in [6.45, 7) is -0.109. The minimum absolute atomic E-state index is 0.0219. The molecule has 0 bridgehead atoms. The fourth-order valence-corrected chi connectivity index (χ4v) is 3.19. The molecule has 10 nitrogen and oxygen atoms in total. The van der Waals surface area contributed by atoms with E-state index in [-0.39, 0.29) is 35.4 Å². The number of amides is 1. The van der Waals surface area contributed by atoms with Crippen LogP contribution < -0.4 is 11.1 Å². The summed E-state index contributed by atoms with van der Waals surface area (Å²) >= 11 is 0. The molecule has 1 amide bonds. The van der Waals surface area contributed by atoms with Crippen LogP contribution >= 0.6 is 0 Å². The molecule has 0 atom stereocenters. The lowest BCUT2D eigenvalue weighted by Gasteiger charge is -2.12. The lowest BCUT2D eigenvalue weighted by atomic mass is 10.0. The third-order valence-corrected chi connectivity index (χ3v) is 4.77. The first-order valence-corrected chi connectivity index (χ1v) is 9.88. The number of halogens is 3. The van der Waals surface area contributed by atoms with Crippen LogP contribution in [0.15, 0.2) is 53.8 Å². The highest BCUT2D eigenvalue weighted by Gasteiger charge is 2.29. The van der Waals surface area contributed by atoms with Gasteiger partial charge in [0.1, 0.15) is 17.4 Å². The number of pyridine rings is 1. The van der Waals surface area contributed by atoms with Gasteiger partial charge in [-0.2, -0.15) is 13.2 Å². The number of aromatic nitrogens is 1. The molecule has 0 fully saturated rings. The van der Waals surface area contributed by atoms with E-state index in [0.29, 0.717) is 16.8 Å². The number of azide groups is 1. The highest BCUT2D eigenvalue weighted by atomic mass is 19.4. The third kappa shape index (κ3) is 6.18. The largest absolute Gasteiger partial charge is 0.478 e. The van der Waals surface area contributed by atoms with Gasteiger partial charge in [-0.15, -0.1) is 0 Å². The molecule has 0 aliphatic carbocycles. The monoisotopic (exact) mass is 486 g/mol. The number of aromatic carboxylic acids is 1. The highest BCUT2D eigenvalue weighted by molar-refractivity contribution is 6.07. The fourth-order valence-electron chi connectivity index (χ4n) is 3.19. The van der Waals surface area contributed by atoms with Crippen LogP contribution in [0.1, 0.15) is 27.2 Å². The second-order valence-corrected chi connectivity index (χ2v) is 7.08. The summed E-state index contributed by atoms with van der Waals surface area (Å²) in [5.41, 5.74) is 14.4. The average molecular weight is 486 g/mol. The number of benzene rings is 2. The summed E-state index contributed by atoms with van der Waals surface area (Å²) < 4.78 is 37.9. The minimum atomic E-state index is -4.45. The first-order valence-electron chi connectivity index (χ1n) is 9.88. The van der Waals surface area contributed by atoms with Crippen LogP contribution in [-0.4, -0.2) is 28.6 Å². The number of hydrogen-bond acceptors (Lipinski definition) is 6. The van der Waals surface area contributed by atoms with Crippen molar-refractivity contribution in [1.82, 2.24) is 4.98 Å². The van der Waals surface area contributed by atoms with Gasteiger partial charge in [-0.3, -0.25) is 9.78 Å². The SMILES string of the molecule is [N-]=[N+]=NOCCc1nc2ccc(NC(=O)/C=C/c3ccc(C(F)(F)F)cc3)cc2c(N)c1C(=O)O. The van der Waals surface area contributed by atoms with Gasteiger partial charge in [0.05, 0.1) is 22.5 Å². The summed E-state index contributed by atoms with van der Waals surface area (Å²) in [6.07, 6.45) is -1.94. The topological polar surface area (TPSA) is 163 Å². The van der Waals surface area contributed by atoms with E-state index in [9.17, 15) is 27.9 Å². The molecule has 0 radical (unpaired) electrons. The first-order chi connectivity index (χ1) is 16.6. The van der Waals surface area contributed by atoms with Crippen molar-refractivity contribution < 1.29 is 32.7 Å². The molecule has 13 heteroatoms. The quantitative estimate of drug-likeness (QED) is 0.102. The third-order valence-electron chi connectivity index (χ3n) is 4.77. The van der Waals surface area contributed by atoms with Gasteiger partial charge in [-0.05, 0) is 47.5 Å². The second-order valence-electron chi connectivity index (χ2n) is 7.08. The number of carboxylic acids is 1. The second kappa shape index (κ2) is 10.4.